The maximum atomic E-state index is 5.89. The van der Waals surface area contributed by atoms with Crippen LogP contribution in [0.3, 0.4) is 0 Å². The first-order valence-corrected chi connectivity index (χ1v) is 7.54. The molecule has 4 nitrogen and oxygen atoms in total. The highest BCUT2D eigenvalue weighted by Gasteiger charge is 2.22. The Morgan fingerprint density at radius 3 is 2.90 bits per heavy atom. The summed E-state index contributed by atoms with van der Waals surface area (Å²) in [5, 5.41) is 0. The van der Waals surface area contributed by atoms with E-state index in [2.05, 4.69) is 14.9 Å². The van der Waals surface area contributed by atoms with E-state index < -0.39 is 0 Å². The molecule has 0 N–H and O–H groups in total. The topological polar surface area (TPSA) is 38.2 Å². The number of rotatable bonds is 4. The minimum atomic E-state index is 0.531. The summed E-state index contributed by atoms with van der Waals surface area (Å²) >= 11 is 0. The number of anilines is 1. The van der Waals surface area contributed by atoms with E-state index in [0.717, 1.165) is 37.1 Å². The van der Waals surface area contributed by atoms with Gasteiger partial charge in [-0.25, -0.2) is 9.97 Å². The van der Waals surface area contributed by atoms with E-state index in [1.165, 1.54) is 12.8 Å². The number of piperidine rings is 1. The second-order valence-corrected chi connectivity index (χ2v) is 5.58. The van der Waals surface area contributed by atoms with Crippen molar-refractivity contribution in [1.82, 2.24) is 9.97 Å². The van der Waals surface area contributed by atoms with Crippen molar-refractivity contribution in [3.05, 3.63) is 48.3 Å². The van der Waals surface area contributed by atoms with Crippen LogP contribution in [0.1, 0.15) is 18.5 Å². The number of aryl methyl sites for hydroxylation is 1. The second kappa shape index (κ2) is 6.57. The van der Waals surface area contributed by atoms with E-state index in [1.54, 1.807) is 0 Å². The molecular weight excluding hydrogens is 262 g/mol. The Morgan fingerprint density at radius 2 is 2.10 bits per heavy atom. The first kappa shape index (κ1) is 13.9. The first-order chi connectivity index (χ1) is 10.3. The molecule has 1 fully saturated rings. The second-order valence-electron chi connectivity index (χ2n) is 5.58. The zero-order valence-corrected chi connectivity index (χ0v) is 12.4. The third-order valence-electron chi connectivity index (χ3n) is 3.81. The van der Waals surface area contributed by atoms with Crippen LogP contribution < -0.4 is 9.64 Å². The minimum absolute atomic E-state index is 0.531. The molecule has 1 atom stereocenters. The summed E-state index contributed by atoms with van der Waals surface area (Å²) in [6, 6.07) is 12.0. The molecule has 21 heavy (non-hydrogen) atoms. The largest absolute Gasteiger partial charge is 0.493 e. The van der Waals surface area contributed by atoms with Gasteiger partial charge in [-0.3, -0.25) is 0 Å². The summed E-state index contributed by atoms with van der Waals surface area (Å²) in [7, 11) is 0. The number of nitrogens with zero attached hydrogens (tertiary/aromatic N) is 3. The number of aromatic nitrogens is 2. The lowest BCUT2D eigenvalue weighted by molar-refractivity contribution is 0.228. The van der Waals surface area contributed by atoms with Crippen LogP contribution >= 0.6 is 0 Å². The third-order valence-corrected chi connectivity index (χ3v) is 3.81. The molecule has 2 heterocycles. The van der Waals surface area contributed by atoms with Gasteiger partial charge in [0.15, 0.2) is 0 Å². The van der Waals surface area contributed by atoms with Gasteiger partial charge in [-0.2, -0.15) is 0 Å². The van der Waals surface area contributed by atoms with E-state index >= 15 is 0 Å². The van der Waals surface area contributed by atoms with Crippen LogP contribution in [0, 0.1) is 12.8 Å². The van der Waals surface area contributed by atoms with Crippen LogP contribution in [0.4, 0.5) is 5.95 Å². The van der Waals surface area contributed by atoms with E-state index in [0.29, 0.717) is 5.92 Å². The molecule has 0 aliphatic carbocycles. The number of benzene rings is 1. The molecule has 1 aromatic heterocycles. The van der Waals surface area contributed by atoms with Crippen LogP contribution in [-0.2, 0) is 0 Å². The summed E-state index contributed by atoms with van der Waals surface area (Å²) in [6.45, 7) is 4.76. The summed E-state index contributed by atoms with van der Waals surface area (Å²) in [6.07, 6.45) is 4.21. The van der Waals surface area contributed by atoms with E-state index in [-0.39, 0.29) is 0 Å². The van der Waals surface area contributed by atoms with E-state index in [1.807, 2.05) is 49.5 Å². The number of para-hydroxylation sites is 1. The molecule has 2 aromatic rings. The van der Waals surface area contributed by atoms with Crippen LogP contribution in [0.5, 0.6) is 5.75 Å². The summed E-state index contributed by atoms with van der Waals surface area (Å²) in [5.74, 6) is 2.32. The van der Waals surface area contributed by atoms with Crippen molar-refractivity contribution in [2.45, 2.75) is 19.8 Å². The van der Waals surface area contributed by atoms with Gasteiger partial charge < -0.3 is 9.64 Å². The maximum Gasteiger partial charge on any atom is 0.225 e. The predicted molar refractivity (Wildman–Crippen MR) is 83.6 cm³/mol. The number of hydrogen-bond donors (Lipinski definition) is 0. The van der Waals surface area contributed by atoms with Crippen molar-refractivity contribution in [2.24, 2.45) is 5.92 Å². The molecule has 0 saturated carbocycles. The highest BCUT2D eigenvalue weighted by molar-refractivity contribution is 5.31. The van der Waals surface area contributed by atoms with Crippen molar-refractivity contribution in [2.75, 3.05) is 24.6 Å². The van der Waals surface area contributed by atoms with Gasteiger partial charge in [0.25, 0.3) is 0 Å². The number of hydrogen-bond acceptors (Lipinski definition) is 4. The van der Waals surface area contributed by atoms with Crippen LogP contribution in [0.15, 0.2) is 42.6 Å². The average molecular weight is 283 g/mol. The predicted octanol–water partition coefficient (Wildman–Crippen LogP) is 3.08. The van der Waals surface area contributed by atoms with E-state index in [9.17, 15) is 0 Å². The monoisotopic (exact) mass is 283 g/mol. The fraction of sp³-hybridized carbons (Fsp3) is 0.412. The molecule has 110 valence electrons. The minimum Gasteiger partial charge on any atom is -0.493 e. The fourth-order valence-electron chi connectivity index (χ4n) is 2.70. The Hall–Kier alpha value is -2.10. The lowest BCUT2D eigenvalue weighted by atomic mass is 9.99. The first-order valence-electron chi connectivity index (χ1n) is 7.54. The van der Waals surface area contributed by atoms with Crippen molar-refractivity contribution >= 4 is 5.95 Å². The smallest absolute Gasteiger partial charge is 0.225 e. The molecule has 3 rings (SSSR count). The van der Waals surface area contributed by atoms with Crippen LogP contribution in [-0.4, -0.2) is 29.7 Å². The van der Waals surface area contributed by atoms with Gasteiger partial charge in [-0.05, 0) is 38.0 Å². The molecular formula is C17H21N3O. The van der Waals surface area contributed by atoms with Gasteiger partial charge in [0.05, 0.1) is 6.61 Å². The van der Waals surface area contributed by atoms with Gasteiger partial charge in [0.2, 0.25) is 5.95 Å². The van der Waals surface area contributed by atoms with Crippen molar-refractivity contribution < 1.29 is 4.74 Å². The van der Waals surface area contributed by atoms with E-state index in [4.69, 9.17) is 4.74 Å². The molecule has 1 aliphatic rings. The Morgan fingerprint density at radius 1 is 1.24 bits per heavy atom. The molecule has 0 amide bonds. The molecule has 1 aromatic carbocycles. The SMILES string of the molecule is Cc1ccnc(N2CCCC(COc3ccccc3)C2)n1. The summed E-state index contributed by atoms with van der Waals surface area (Å²) in [5.41, 5.74) is 1.02. The zero-order chi connectivity index (χ0) is 14.5. The lowest BCUT2D eigenvalue weighted by Crippen LogP contribution is -2.38. The van der Waals surface area contributed by atoms with Gasteiger partial charge in [0.1, 0.15) is 5.75 Å². The Bertz CT molecular complexity index is 573. The van der Waals surface area contributed by atoms with Crippen LogP contribution in [0.25, 0.3) is 0 Å². The lowest BCUT2D eigenvalue weighted by Gasteiger charge is -2.32. The molecule has 1 unspecified atom stereocenters. The fourth-order valence-corrected chi connectivity index (χ4v) is 2.70. The molecule has 1 saturated heterocycles. The Labute approximate surface area is 125 Å². The molecule has 0 spiro atoms. The quantitative estimate of drug-likeness (QED) is 0.864. The normalized spacial score (nSPS) is 18.5. The van der Waals surface area contributed by atoms with Crippen molar-refractivity contribution in [3.8, 4) is 5.75 Å². The highest BCUT2D eigenvalue weighted by atomic mass is 16.5. The van der Waals surface area contributed by atoms with Crippen LogP contribution in [0.2, 0.25) is 0 Å². The van der Waals surface area contributed by atoms with Crippen molar-refractivity contribution in [1.29, 1.82) is 0 Å². The molecule has 0 radical (unpaired) electrons. The average Bonchev–Trinajstić information content (AvgIpc) is 2.54. The summed E-state index contributed by atoms with van der Waals surface area (Å²) < 4.78 is 5.89. The van der Waals surface area contributed by atoms with Crippen molar-refractivity contribution in [3.63, 3.8) is 0 Å². The van der Waals surface area contributed by atoms with Gasteiger partial charge in [0, 0.05) is 30.9 Å². The standard InChI is InChI=1S/C17H21N3O/c1-14-9-10-18-17(19-14)20-11-5-6-15(12-20)13-21-16-7-3-2-4-8-16/h2-4,7-10,15H,5-6,11-13H2,1H3. The zero-order valence-electron chi connectivity index (χ0n) is 12.4. The molecule has 0 bridgehead atoms. The van der Waals surface area contributed by atoms with Gasteiger partial charge in [-0.15, -0.1) is 0 Å². The maximum absolute atomic E-state index is 5.89. The van der Waals surface area contributed by atoms with Gasteiger partial charge in [-0.1, -0.05) is 18.2 Å². The Balaban J connectivity index is 1.58. The Kier molecular flexibility index (Phi) is 4.34. The molecule has 1 aliphatic heterocycles. The highest BCUT2D eigenvalue weighted by Crippen LogP contribution is 2.21. The third kappa shape index (κ3) is 3.72. The summed E-state index contributed by atoms with van der Waals surface area (Å²) in [4.78, 5) is 11.2. The molecule has 4 heteroatoms. The number of ether oxygens (including phenoxy) is 1. The van der Waals surface area contributed by atoms with Gasteiger partial charge >= 0.3 is 0 Å².